The van der Waals surface area contributed by atoms with Gasteiger partial charge in [0.05, 0.1) is 6.54 Å². The zero-order valence-electron chi connectivity index (χ0n) is 11.5. The van der Waals surface area contributed by atoms with E-state index in [0.29, 0.717) is 6.54 Å². The van der Waals surface area contributed by atoms with Gasteiger partial charge < -0.3 is 5.32 Å². The van der Waals surface area contributed by atoms with E-state index in [-0.39, 0.29) is 11.4 Å². The number of carbonyl (C=O) groups excluding carboxylic acids is 1. The molecule has 1 aromatic rings. The molecule has 0 aliphatic carbocycles. The van der Waals surface area contributed by atoms with E-state index >= 15 is 0 Å². The van der Waals surface area contributed by atoms with Gasteiger partial charge in [0.2, 0.25) is 5.91 Å². The summed E-state index contributed by atoms with van der Waals surface area (Å²) < 4.78 is 0. The van der Waals surface area contributed by atoms with E-state index in [1.807, 2.05) is 11.3 Å². The lowest BCUT2D eigenvalue weighted by Gasteiger charge is -2.29. The van der Waals surface area contributed by atoms with Crippen LogP contribution in [0.15, 0.2) is 11.4 Å². The highest BCUT2D eigenvalue weighted by molar-refractivity contribution is 7.10. The van der Waals surface area contributed by atoms with Crippen molar-refractivity contribution in [2.45, 2.75) is 45.7 Å². The lowest BCUT2D eigenvalue weighted by Crippen LogP contribution is -2.48. The standard InChI is InChI=1S/C14H22N2OS/c1-4-14(2,3)15-13(17)10-16-7-5-12-11(9-16)6-8-18-12/h6,8H,4-5,7,9-10H2,1-3H3,(H,15,17). The van der Waals surface area contributed by atoms with Crippen molar-refractivity contribution >= 4 is 17.2 Å². The molecule has 18 heavy (non-hydrogen) atoms. The molecule has 0 atom stereocenters. The fourth-order valence-corrected chi connectivity index (χ4v) is 3.04. The first-order valence-electron chi connectivity index (χ1n) is 6.59. The minimum absolute atomic E-state index is 0.0968. The van der Waals surface area contributed by atoms with Crippen molar-refractivity contribution in [1.82, 2.24) is 10.2 Å². The van der Waals surface area contributed by atoms with Crippen LogP contribution in [-0.4, -0.2) is 29.4 Å². The van der Waals surface area contributed by atoms with E-state index < -0.39 is 0 Å². The minimum Gasteiger partial charge on any atom is -0.350 e. The van der Waals surface area contributed by atoms with E-state index in [1.54, 1.807) is 0 Å². The second-order valence-corrected chi connectivity index (χ2v) is 6.62. The molecule has 0 bridgehead atoms. The molecule has 0 radical (unpaired) electrons. The first-order chi connectivity index (χ1) is 8.50. The first-order valence-corrected chi connectivity index (χ1v) is 7.47. The van der Waals surface area contributed by atoms with E-state index in [2.05, 4.69) is 42.4 Å². The zero-order valence-corrected chi connectivity index (χ0v) is 12.3. The molecule has 0 fully saturated rings. The fourth-order valence-electron chi connectivity index (χ4n) is 2.15. The number of hydrogen-bond acceptors (Lipinski definition) is 3. The lowest BCUT2D eigenvalue weighted by molar-refractivity contribution is -0.124. The fraction of sp³-hybridized carbons (Fsp3) is 0.643. The summed E-state index contributed by atoms with van der Waals surface area (Å²) in [5, 5.41) is 5.24. The van der Waals surface area contributed by atoms with Crippen LogP contribution in [0.3, 0.4) is 0 Å². The molecule has 1 aliphatic rings. The van der Waals surface area contributed by atoms with Crippen LogP contribution in [0.25, 0.3) is 0 Å². The Morgan fingerprint density at radius 2 is 2.33 bits per heavy atom. The number of amides is 1. The number of rotatable bonds is 4. The molecule has 0 unspecified atom stereocenters. The first kappa shape index (κ1) is 13.6. The van der Waals surface area contributed by atoms with Crippen molar-refractivity contribution in [2.75, 3.05) is 13.1 Å². The molecule has 1 aliphatic heterocycles. The Morgan fingerprint density at radius 1 is 1.56 bits per heavy atom. The molecule has 0 spiro atoms. The molecule has 2 rings (SSSR count). The molecule has 0 saturated heterocycles. The molecule has 0 aromatic carbocycles. The summed E-state index contributed by atoms with van der Waals surface area (Å²) >= 11 is 1.83. The molecule has 1 N–H and O–H groups in total. The van der Waals surface area contributed by atoms with Gasteiger partial charge in [-0.15, -0.1) is 11.3 Å². The second-order valence-electron chi connectivity index (χ2n) is 5.62. The SMILES string of the molecule is CCC(C)(C)NC(=O)CN1CCc2sccc2C1. The van der Waals surface area contributed by atoms with Gasteiger partial charge in [0.1, 0.15) is 0 Å². The smallest absolute Gasteiger partial charge is 0.234 e. The Balaban J connectivity index is 1.86. The van der Waals surface area contributed by atoms with Gasteiger partial charge in [0, 0.05) is 23.5 Å². The van der Waals surface area contributed by atoms with Crippen molar-refractivity contribution in [3.63, 3.8) is 0 Å². The Kier molecular flexibility index (Phi) is 4.07. The number of nitrogens with zero attached hydrogens (tertiary/aromatic N) is 1. The number of nitrogens with one attached hydrogen (secondary N) is 1. The van der Waals surface area contributed by atoms with Gasteiger partial charge in [0.25, 0.3) is 0 Å². The van der Waals surface area contributed by atoms with Gasteiger partial charge in [-0.1, -0.05) is 6.92 Å². The number of carbonyl (C=O) groups is 1. The molecule has 4 heteroatoms. The van der Waals surface area contributed by atoms with Gasteiger partial charge in [0.15, 0.2) is 0 Å². The molecule has 100 valence electrons. The van der Waals surface area contributed by atoms with Crippen molar-refractivity contribution in [2.24, 2.45) is 0 Å². The van der Waals surface area contributed by atoms with Crippen LogP contribution in [-0.2, 0) is 17.8 Å². The summed E-state index contributed by atoms with van der Waals surface area (Å²) in [5.74, 6) is 0.139. The number of fused-ring (bicyclic) bond motifs is 1. The van der Waals surface area contributed by atoms with Crippen molar-refractivity contribution in [1.29, 1.82) is 0 Å². The van der Waals surface area contributed by atoms with E-state index in [1.165, 1.54) is 10.4 Å². The summed E-state index contributed by atoms with van der Waals surface area (Å²) in [6.07, 6.45) is 2.03. The number of hydrogen-bond donors (Lipinski definition) is 1. The van der Waals surface area contributed by atoms with Gasteiger partial charge in [-0.05, 0) is 43.7 Å². The van der Waals surface area contributed by atoms with E-state index in [4.69, 9.17) is 0 Å². The average molecular weight is 266 g/mol. The summed E-state index contributed by atoms with van der Waals surface area (Å²) in [5.41, 5.74) is 1.30. The Hall–Kier alpha value is -0.870. The molecule has 1 aromatic heterocycles. The minimum atomic E-state index is -0.0968. The monoisotopic (exact) mass is 266 g/mol. The van der Waals surface area contributed by atoms with Crippen LogP contribution in [0.1, 0.15) is 37.6 Å². The predicted octanol–water partition coefficient (Wildman–Crippen LogP) is 2.41. The Labute approximate surface area is 113 Å². The maximum atomic E-state index is 12.0. The van der Waals surface area contributed by atoms with Gasteiger partial charge >= 0.3 is 0 Å². The van der Waals surface area contributed by atoms with Gasteiger partial charge in [-0.25, -0.2) is 0 Å². The zero-order chi connectivity index (χ0) is 13.2. The summed E-state index contributed by atoms with van der Waals surface area (Å²) in [7, 11) is 0. The third-order valence-electron chi connectivity index (χ3n) is 3.62. The Morgan fingerprint density at radius 3 is 3.06 bits per heavy atom. The molecule has 2 heterocycles. The maximum Gasteiger partial charge on any atom is 0.234 e. The molecular weight excluding hydrogens is 244 g/mol. The second kappa shape index (κ2) is 5.41. The van der Waals surface area contributed by atoms with E-state index in [9.17, 15) is 4.79 Å². The van der Waals surface area contributed by atoms with Crippen LogP contribution in [0.2, 0.25) is 0 Å². The molecular formula is C14H22N2OS. The summed E-state index contributed by atoms with van der Waals surface area (Å²) in [4.78, 5) is 15.7. The van der Waals surface area contributed by atoms with Gasteiger partial charge in [-0.3, -0.25) is 9.69 Å². The molecule has 1 amide bonds. The number of thiophene rings is 1. The van der Waals surface area contributed by atoms with Gasteiger partial charge in [-0.2, -0.15) is 0 Å². The van der Waals surface area contributed by atoms with Crippen LogP contribution in [0, 0.1) is 0 Å². The van der Waals surface area contributed by atoms with Crippen LogP contribution < -0.4 is 5.32 Å². The normalized spacial score (nSPS) is 16.4. The summed E-state index contributed by atoms with van der Waals surface area (Å²) in [6.45, 7) is 8.65. The third kappa shape index (κ3) is 3.33. The highest BCUT2D eigenvalue weighted by Gasteiger charge is 2.22. The quantitative estimate of drug-likeness (QED) is 0.907. The molecule has 3 nitrogen and oxygen atoms in total. The van der Waals surface area contributed by atoms with Crippen molar-refractivity contribution < 1.29 is 4.79 Å². The van der Waals surface area contributed by atoms with Crippen LogP contribution in [0.4, 0.5) is 0 Å². The van der Waals surface area contributed by atoms with Crippen molar-refractivity contribution in [3.05, 3.63) is 21.9 Å². The Bertz CT molecular complexity index is 425. The topological polar surface area (TPSA) is 32.3 Å². The summed E-state index contributed by atoms with van der Waals surface area (Å²) in [6, 6.07) is 2.18. The van der Waals surface area contributed by atoms with Crippen molar-refractivity contribution in [3.8, 4) is 0 Å². The van der Waals surface area contributed by atoms with E-state index in [0.717, 1.165) is 25.9 Å². The largest absolute Gasteiger partial charge is 0.350 e. The maximum absolute atomic E-state index is 12.0. The molecule has 0 saturated carbocycles. The third-order valence-corrected chi connectivity index (χ3v) is 4.64. The lowest BCUT2D eigenvalue weighted by atomic mass is 10.0. The highest BCUT2D eigenvalue weighted by atomic mass is 32.1. The van der Waals surface area contributed by atoms with Crippen LogP contribution >= 0.6 is 11.3 Å². The average Bonchev–Trinajstić information content (AvgIpc) is 2.75. The predicted molar refractivity (Wildman–Crippen MR) is 75.8 cm³/mol. The van der Waals surface area contributed by atoms with Crippen LogP contribution in [0.5, 0.6) is 0 Å². The highest BCUT2D eigenvalue weighted by Crippen LogP contribution is 2.23.